The number of methoxy groups -OCH3 is 3. The van der Waals surface area contributed by atoms with Gasteiger partial charge in [-0.25, -0.2) is 0 Å². The van der Waals surface area contributed by atoms with Gasteiger partial charge < -0.3 is 24.8 Å². The van der Waals surface area contributed by atoms with Crippen molar-refractivity contribution < 1.29 is 23.8 Å². The maximum Gasteiger partial charge on any atom is 0.220 e. The molecule has 3 aromatic rings. The van der Waals surface area contributed by atoms with E-state index in [0.717, 1.165) is 27.6 Å². The highest BCUT2D eigenvalue weighted by atomic mass is 16.5. The van der Waals surface area contributed by atoms with Crippen molar-refractivity contribution in [1.82, 2.24) is 10.6 Å². The van der Waals surface area contributed by atoms with Crippen LogP contribution in [0.15, 0.2) is 54.6 Å². The third-order valence-electron chi connectivity index (χ3n) is 6.75. The highest BCUT2D eigenvalue weighted by molar-refractivity contribution is 5.91. The summed E-state index contributed by atoms with van der Waals surface area (Å²) in [5, 5.41) is 8.31. The molecule has 4 rings (SSSR count). The van der Waals surface area contributed by atoms with Crippen LogP contribution in [0.5, 0.6) is 17.2 Å². The second kappa shape index (κ2) is 10.7. The highest BCUT2D eigenvalue weighted by Gasteiger charge is 2.38. The molecule has 0 aromatic heterocycles. The minimum Gasteiger partial charge on any atom is -0.497 e. The summed E-state index contributed by atoms with van der Waals surface area (Å²) in [6.45, 7) is 0.335. The molecule has 7 nitrogen and oxygen atoms in total. The van der Waals surface area contributed by atoms with Gasteiger partial charge in [0, 0.05) is 35.9 Å². The zero-order chi connectivity index (χ0) is 24.8. The van der Waals surface area contributed by atoms with Crippen LogP contribution in [0.1, 0.15) is 36.8 Å². The first-order chi connectivity index (χ1) is 17.0. The summed E-state index contributed by atoms with van der Waals surface area (Å²) in [4.78, 5) is 25.0. The zero-order valence-corrected chi connectivity index (χ0v) is 20.5. The van der Waals surface area contributed by atoms with Crippen LogP contribution < -0.4 is 24.8 Å². The second-order valence-corrected chi connectivity index (χ2v) is 8.93. The Balaban J connectivity index is 1.46. The lowest BCUT2D eigenvalue weighted by Gasteiger charge is -2.30. The van der Waals surface area contributed by atoms with Gasteiger partial charge in [0.05, 0.1) is 21.3 Å². The van der Waals surface area contributed by atoms with Gasteiger partial charge in [-0.05, 0) is 54.5 Å². The van der Waals surface area contributed by atoms with Gasteiger partial charge in [0.1, 0.15) is 17.2 Å². The molecule has 1 saturated heterocycles. The summed E-state index contributed by atoms with van der Waals surface area (Å²) in [5.74, 6) is 2.17. The molecule has 7 heteroatoms. The number of amides is 2. The normalized spacial score (nSPS) is 17.2. The predicted octanol–water partition coefficient (Wildman–Crippen LogP) is 4.15. The number of ether oxygens (including phenoxy) is 3. The van der Waals surface area contributed by atoms with Crippen molar-refractivity contribution in [2.24, 2.45) is 0 Å². The van der Waals surface area contributed by atoms with Gasteiger partial charge >= 0.3 is 0 Å². The molecule has 0 spiro atoms. The van der Waals surface area contributed by atoms with Crippen molar-refractivity contribution in [2.75, 3.05) is 21.3 Å². The number of rotatable bonds is 10. The Kier molecular flexibility index (Phi) is 7.44. The Morgan fingerprint density at radius 2 is 1.69 bits per heavy atom. The van der Waals surface area contributed by atoms with Crippen LogP contribution >= 0.6 is 0 Å². The number of hydrogen-bond acceptors (Lipinski definition) is 5. The Morgan fingerprint density at radius 1 is 0.943 bits per heavy atom. The van der Waals surface area contributed by atoms with Crippen LogP contribution in [-0.4, -0.2) is 38.7 Å². The highest BCUT2D eigenvalue weighted by Crippen LogP contribution is 2.35. The van der Waals surface area contributed by atoms with Gasteiger partial charge in [-0.1, -0.05) is 30.3 Å². The van der Waals surface area contributed by atoms with Crippen LogP contribution in [0.4, 0.5) is 0 Å². The number of hydrogen-bond donors (Lipinski definition) is 2. The molecule has 1 heterocycles. The lowest BCUT2D eigenvalue weighted by Crippen LogP contribution is -2.44. The monoisotopic (exact) mass is 476 g/mol. The molecule has 1 unspecified atom stereocenters. The van der Waals surface area contributed by atoms with Crippen molar-refractivity contribution in [3.05, 3.63) is 65.7 Å². The van der Waals surface area contributed by atoms with E-state index >= 15 is 0 Å². The summed E-state index contributed by atoms with van der Waals surface area (Å²) in [6.07, 6.45) is 2.68. The van der Waals surface area contributed by atoms with Crippen molar-refractivity contribution in [3.8, 4) is 17.2 Å². The molecule has 1 fully saturated rings. The first-order valence-corrected chi connectivity index (χ1v) is 11.8. The van der Waals surface area contributed by atoms with E-state index in [1.807, 2.05) is 42.5 Å². The van der Waals surface area contributed by atoms with Crippen LogP contribution in [0, 0.1) is 0 Å². The average molecular weight is 477 g/mol. The van der Waals surface area contributed by atoms with Gasteiger partial charge in [-0.3, -0.25) is 9.59 Å². The molecular formula is C28H32N2O5. The summed E-state index contributed by atoms with van der Waals surface area (Å²) in [6, 6.07) is 17.6. The number of carbonyl (C=O) groups is 2. The van der Waals surface area contributed by atoms with E-state index < -0.39 is 5.54 Å². The molecule has 0 aliphatic carbocycles. The molecule has 184 valence electrons. The van der Waals surface area contributed by atoms with Gasteiger partial charge in [0.15, 0.2) is 0 Å². The second-order valence-electron chi connectivity index (χ2n) is 8.93. The van der Waals surface area contributed by atoms with E-state index in [9.17, 15) is 9.59 Å². The minimum absolute atomic E-state index is 0.0318. The van der Waals surface area contributed by atoms with E-state index in [2.05, 4.69) is 22.8 Å². The van der Waals surface area contributed by atoms with Crippen molar-refractivity contribution in [1.29, 1.82) is 0 Å². The van der Waals surface area contributed by atoms with Gasteiger partial charge in [-0.15, -0.1) is 0 Å². The fourth-order valence-corrected chi connectivity index (χ4v) is 4.87. The molecule has 0 radical (unpaired) electrons. The lowest BCUT2D eigenvalue weighted by molar-refractivity contribution is -0.122. The zero-order valence-electron chi connectivity index (χ0n) is 20.5. The molecule has 0 bridgehead atoms. The predicted molar refractivity (Wildman–Crippen MR) is 135 cm³/mol. The topological polar surface area (TPSA) is 85.9 Å². The minimum atomic E-state index is -0.459. The number of fused-ring (bicyclic) bond motifs is 1. The fourth-order valence-electron chi connectivity index (χ4n) is 4.87. The molecule has 1 aliphatic heterocycles. The molecule has 2 N–H and O–H groups in total. The maximum atomic E-state index is 12.8. The number of carbonyl (C=O) groups excluding carboxylic acids is 2. The average Bonchev–Trinajstić information content (AvgIpc) is 3.26. The van der Waals surface area contributed by atoms with Gasteiger partial charge in [0.25, 0.3) is 0 Å². The summed E-state index contributed by atoms with van der Waals surface area (Å²) < 4.78 is 16.2. The molecule has 2 amide bonds. The van der Waals surface area contributed by atoms with Crippen LogP contribution in [0.2, 0.25) is 0 Å². The molecule has 1 atom stereocenters. The number of nitrogens with one attached hydrogen (secondary N) is 2. The van der Waals surface area contributed by atoms with E-state index in [4.69, 9.17) is 14.2 Å². The Labute approximate surface area is 205 Å². The van der Waals surface area contributed by atoms with Crippen LogP contribution in [-0.2, 0) is 22.6 Å². The van der Waals surface area contributed by atoms with Crippen molar-refractivity contribution in [3.63, 3.8) is 0 Å². The van der Waals surface area contributed by atoms with Crippen LogP contribution in [0.3, 0.4) is 0 Å². The Bertz CT molecular complexity index is 1230. The van der Waals surface area contributed by atoms with Crippen molar-refractivity contribution in [2.45, 2.75) is 44.2 Å². The van der Waals surface area contributed by atoms with Gasteiger partial charge in [-0.2, -0.15) is 0 Å². The molecular weight excluding hydrogens is 444 g/mol. The standard InChI is InChI=1S/C28H32N2O5/c1-33-21-9-11-24(34-2)20(16-21)18-29-26(31)12-14-28(15-13-27(32)30-28)17-19-8-10-25(35-3)23-7-5-4-6-22(19)23/h4-11,16H,12-15,17-18H2,1-3H3,(H,29,31)(H,30,32). The van der Waals surface area contributed by atoms with E-state index in [-0.39, 0.29) is 11.8 Å². The first-order valence-electron chi connectivity index (χ1n) is 11.8. The molecule has 35 heavy (non-hydrogen) atoms. The molecule has 3 aromatic carbocycles. The third kappa shape index (κ3) is 5.50. The van der Waals surface area contributed by atoms with E-state index in [1.165, 1.54) is 0 Å². The summed E-state index contributed by atoms with van der Waals surface area (Å²) >= 11 is 0. The SMILES string of the molecule is COc1ccc(OC)c(CNC(=O)CCC2(Cc3ccc(OC)c4ccccc34)CCC(=O)N2)c1. The number of benzene rings is 3. The first kappa shape index (κ1) is 24.4. The molecule has 0 saturated carbocycles. The summed E-state index contributed by atoms with van der Waals surface area (Å²) in [5.41, 5.74) is 1.51. The van der Waals surface area contributed by atoms with E-state index in [0.29, 0.717) is 50.1 Å². The third-order valence-corrected chi connectivity index (χ3v) is 6.75. The van der Waals surface area contributed by atoms with Gasteiger partial charge in [0.2, 0.25) is 11.8 Å². The summed E-state index contributed by atoms with van der Waals surface area (Å²) in [7, 11) is 4.87. The quantitative estimate of drug-likeness (QED) is 0.459. The largest absolute Gasteiger partial charge is 0.497 e. The smallest absolute Gasteiger partial charge is 0.220 e. The lowest BCUT2D eigenvalue weighted by atomic mass is 9.83. The van der Waals surface area contributed by atoms with Crippen LogP contribution in [0.25, 0.3) is 10.8 Å². The maximum absolute atomic E-state index is 12.8. The van der Waals surface area contributed by atoms with E-state index in [1.54, 1.807) is 21.3 Å². The van der Waals surface area contributed by atoms with Crippen molar-refractivity contribution >= 4 is 22.6 Å². The fraction of sp³-hybridized carbons (Fsp3) is 0.357. The molecule has 1 aliphatic rings. The Hall–Kier alpha value is -3.74. The Morgan fingerprint density at radius 3 is 2.37 bits per heavy atom.